The van der Waals surface area contributed by atoms with Crippen LogP contribution in [0.25, 0.3) is 0 Å². The average Bonchev–Trinajstić information content (AvgIpc) is 2.59. The van der Waals surface area contributed by atoms with Crippen LogP contribution in [-0.2, 0) is 7.05 Å². The third-order valence-electron chi connectivity index (χ3n) is 3.47. The fourth-order valence-electron chi connectivity index (χ4n) is 2.49. The molecule has 0 spiro atoms. The number of aryl methyl sites for hydroxylation is 1. The molecule has 0 N–H and O–H groups in total. The van der Waals surface area contributed by atoms with Crippen LogP contribution in [0.3, 0.4) is 0 Å². The van der Waals surface area contributed by atoms with Crippen molar-refractivity contribution in [3.05, 3.63) is 17.5 Å². The van der Waals surface area contributed by atoms with Crippen molar-refractivity contribution in [2.24, 2.45) is 13.0 Å². The molecule has 78 valence electrons. The van der Waals surface area contributed by atoms with E-state index in [0.717, 1.165) is 5.92 Å². The molecule has 0 aliphatic carbocycles. The minimum atomic E-state index is 0.675. The summed E-state index contributed by atoms with van der Waals surface area (Å²) < 4.78 is 1.97. The number of hydrogen-bond acceptors (Lipinski definition) is 2. The molecule has 0 bridgehead atoms. The Morgan fingerprint density at radius 2 is 2.07 bits per heavy atom. The first-order valence-corrected chi connectivity index (χ1v) is 5.26. The maximum atomic E-state index is 4.32. The molecule has 1 aromatic heterocycles. The van der Waals surface area contributed by atoms with Gasteiger partial charge in [0.1, 0.15) is 0 Å². The average molecular weight is 193 g/mol. The summed E-state index contributed by atoms with van der Waals surface area (Å²) in [6, 6.07) is 0. The minimum absolute atomic E-state index is 0.675. The maximum absolute atomic E-state index is 4.32. The zero-order valence-electron chi connectivity index (χ0n) is 9.49. The molecular formula is C11H19N3. The highest BCUT2D eigenvalue weighted by atomic mass is 15.3. The summed E-state index contributed by atoms with van der Waals surface area (Å²) in [5.41, 5.74) is 2.75. The van der Waals surface area contributed by atoms with Crippen molar-refractivity contribution >= 4 is 0 Å². The Morgan fingerprint density at radius 1 is 1.36 bits per heavy atom. The lowest BCUT2D eigenvalue weighted by Gasteiger charge is -2.13. The number of aromatic nitrogens is 2. The predicted molar refractivity (Wildman–Crippen MR) is 57.3 cm³/mol. The van der Waals surface area contributed by atoms with Crippen LogP contribution >= 0.6 is 0 Å². The largest absolute Gasteiger partial charge is 0.305 e. The van der Waals surface area contributed by atoms with Gasteiger partial charge in [-0.2, -0.15) is 5.10 Å². The van der Waals surface area contributed by atoms with E-state index in [4.69, 9.17) is 0 Å². The lowest BCUT2D eigenvalue weighted by atomic mass is 9.91. The summed E-state index contributed by atoms with van der Waals surface area (Å²) >= 11 is 0. The van der Waals surface area contributed by atoms with Gasteiger partial charge in [-0.05, 0) is 25.5 Å². The fourth-order valence-corrected chi connectivity index (χ4v) is 2.49. The van der Waals surface area contributed by atoms with Crippen molar-refractivity contribution in [1.29, 1.82) is 0 Å². The van der Waals surface area contributed by atoms with Gasteiger partial charge in [0.15, 0.2) is 0 Å². The van der Waals surface area contributed by atoms with Crippen LogP contribution in [-0.4, -0.2) is 34.8 Å². The number of rotatable bonds is 1. The molecule has 3 nitrogen and oxygen atoms in total. The highest BCUT2D eigenvalue weighted by Crippen LogP contribution is 2.32. The summed E-state index contributed by atoms with van der Waals surface area (Å²) in [4.78, 5) is 2.40. The SMILES string of the molecule is Cc1c([C@H]2CN(C)C[C@@H]2C)cnn1C. The van der Waals surface area contributed by atoms with E-state index in [1.165, 1.54) is 24.3 Å². The molecule has 14 heavy (non-hydrogen) atoms. The normalized spacial score (nSPS) is 28.6. The monoisotopic (exact) mass is 193 g/mol. The molecule has 0 aromatic carbocycles. The summed E-state index contributed by atoms with van der Waals surface area (Å²) in [6.07, 6.45) is 2.04. The summed E-state index contributed by atoms with van der Waals surface area (Å²) in [5, 5.41) is 4.32. The smallest absolute Gasteiger partial charge is 0.0527 e. The van der Waals surface area contributed by atoms with Gasteiger partial charge in [-0.3, -0.25) is 4.68 Å². The maximum Gasteiger partial charge on any atom is 0.0527 e. The van der Waals surface area contributed by atoms with E-state index in [2.05, 4.69) is 30.9 Å². The molecule has 2 atom stereocenters. The predicted octanol–water partition coefficient (Wildman–Crippen LogP) is 1.39. The molecule has 0 radical (unpaired) electrons. The van der Waals surface area contributed by atoms with Crippen molar-refractivity contribution in [2.45, 2.75) is 19.8 Å². The molecule has 2 heterocycles. The number of hydrogen-bond donors (Lipinski definition) is 0. The zero-order valence-corrected chi connectivity index (χ0v) is 9.49. The third-order valence-corrected chi connectivity index (χ3v) is 3.47. The van der Waals surface area contributed by atoms with E-state index in [9.17, 15) is 0 Å². The molecule has 0 saturated carbocycles. The van der Waals surface area contributed by atoms with Gasteiger partial charge in [0.05, 0.1) is 6.20 Å². The van der Waals surface area contributed by atoms with Crippen molar-refractivity contribution in [3.8, 4) is 0 Å². The first-order chi connectivity index (χ1) is 6.59. The quantitative estimate of drug-likeness (QED) is 0.672. The van der Waals surface area contributed by atoms with E-state index < -0.39 is 0 Å². The highest BCUT2D eigenvalue weighted by Gasteiger charge is 2.30. The number of likely N-dealkylation sites (N-methyl/N-ethyl adjacent to an activating group) is 1. The van der Waals surface area contributed by atoms with E-state index in [1.807, 2.05) is 17.9 Å². The standard InChI is InChI=1S/C11H19N3/c1-8-6-13(3)7-11(8)10-5-12-14(4)9(10)2/h5,8,11H,6-7H2,1-4H3/t8-,11-/m0/s1. The molecule has 0 amide bonds. The zero-order chi connectivity index (χ0) is 10.3. The van der Waals surface area contributed by atoms with E-state index >= 15 is 0 Å². The van der Waals surface area contributed by atoms with Crippen LogP contribution in [0.2, 0.25) is 0 Å². The van der Waals surface area contributed by atoms with Gasteiger partial charge in [-0.15, -0.1) is 0 Å². The van der Waals surface area contributed by atoms with Crippen molar-refractivity contribution in [3.63, 3.8) is 0 Å². The van der Waals surface area contributed by atoms with Gasteiger partial charge in [0, 0.05) is 31.7 Å². The van der Waals surface area contributed by atoms with Gasteiger partial charge in [-0.1, -0.05) is 6.92 Å². The van der Waals surface area contributed by atoms with Crippen molar-refractivity contribution in [1.82, 2.24) is 14.7 Å². The number of nitrogens with zero attached hydrogens (tertiary/aromatic N) is 3. The molecule has 1 saturated heterocycles. The Hall–Kier alpha value is -0.830. The summed E-state index contributed by atoms with van der Waals surface area (Å²) in [6.45, 7) is 6.88. The van der Waals surface area contributed by atoms with E-state index in [-0.39, 0.29) is 0 Å². The van der Waals surface area contributed by atoms with Gasteiger partial charge in [0.25, 0.3) is 0 Å². The van der Waals surface area contributed by atoms with Gasteiger partial charge >= 0.3 is 0 Å². The van der Waals surface area contributed by atoms with Crippen LogP contribution in [0.15, 0.2) is 6.20 Å². The molecular weight excluding hydrogens is 174 g/mol. The van der Waals surface area contributed by atoms with Gasteiger partial charge < -0.3 is 4.90 Å². The summed E-state index contributed by atoms with van der Waals surface area (Å²) in [7, 11) is 4.21. The Kier molecular flexibility index (Phi) is 2.35. The lowest BCUT2D eigenvalue weighted by molar-refractivity contribution is 0.401. The van der Waals surface area contributed by atoms with Crippen LogP contribution < -0.4 is 0 Å². The van der Waals surface area contributed by atoms with Crippen LogP contribution in [0.4, 0.5) is 0 Å². The molecule has 1 aromatic rings. The minimum Gasteiger partial charge on any atom is -0.305 e. The van der Waals surface area contributed by atoms with E-state index in [1.54, 1.807) is 0 Å². The first-order valence-electron chi connectivity index (χ1n) is 5.26. The van der Waals surface area contributed by atoms with Crippen LogP contribution in [0.1, 0.15) is 24.1 Å². The Bertz CT molecular complexity index is 329. The van der Waals surface area contributed by atoms with Gasteiger partial charge in [-0.25, -0.2) is 0 Å². The van der Waals surface area contributed by atoms with Gasteiger partial charge in [0.2, 0.25) is 0 Å². The van der Waals surface area contributed by atoms with Crippen molar-refractivity contribution < 1.29 is 0 Å². The Labute approximate surface area is 85.7 Å². The number of likely N-dealkylation sites (tertiary alicyclic amines) is 1. The van der Waals surface area contributed by atoms with E-state index in [0.29, 0.717) is 5.92 Å². The molecule has 1 fully saturated rings. The van der Waals surface area contributed by atoms with Crippen molar-refractivity contribution in [2.75, 3.05) is 20.1 Å². The third kappa shape index (κ3) is 1.46. The lowest BCUT2D eigenvalue weighted by Crippen LogP contribution is -2.13. The molecule has 3 heteroatoms. The molecule has 0 unspecified atom stereocenters. The first kappa shape index (κ1) is 9.71. The topological polar surface area (TPSA) is 21.1 Å². The molecule has 1 aliphatic rings. The molecule has 1 aliphatic heterocycles. The second-order valence-corrected chi connectivity index (χ2v) is 4.61. The fraction of sp³-hybridized carbons (Fsp3) is 0.727. The van der Waals surface area contributed by atoms with Crippen LogP contribution in [0.5, 0.6) is 0 Å². The second-order valence-electron chi connectivity index (χ2n) is 4.61. The Morgan fingerprint density at radius 3 is 2.50 bits per heavy atom. The molecule has 2 rings (SSSR count). The highest BCUT2D eigenvalue weighted by molar-refractivity contribution is 5.23. The van der Waals surface area contributed by atoms with Crippen LogP contribution in [0, 0.1) is 12.8 Å². The summed E-state index contributed by atoms with van der Waals surface area (Å²) in [5.74, 6) is 1.43. The second kappa shape index (κ2) is 3.39. The Balaban J connectivity index is 2.27.